The number of hydrogen-bond donors (Lipinski definition) is 1. The van der Waals surface area contributed by atoms with E-state index in [1.807, 2.05) is 12.1 Å². The van der Waals surface area contributed by atoms with Gasteiger partial charge in [0, 0.05) is 33.0 Å². The lowest BCUT2D eigenvalue weighted by molar-refractivity contribution is -0.118. The first kappa shape index (κ1) is 22.0. The number of carbonyl (C=O) groups is 2. The van der Waals surface area contributed by atoms with Crippen molar-refractivity contribution in [2.45, 2.75) is 45.4 Å². The summed E-state index contributed by atoms with van der Waals surface area (Å²) in [4.78, 5) is 31.8. The lowest BCUT2D eigenvalue weighted by Crippen LogP contribution is -2.37. The molecule has 1 aromatic carbocycles. The third-order valence-electron chi connectivity index (χ3n) is 5.41. The Morgan fingerprint density at radius 2 is 2.00 bits per heavy atom. The first-order valence-electron chi connectivity index (χ1n) is 10.6. The molecule has 0 aliphatic carbocycles. The zero-order chi connectivity index (χ0) is 21.5. The summed E-state index contributed by atoms with van der Waals surface area (Å²) in [6.07, 6.45) is 4.38. The molecule has 6 heteroatoms. The maximum atomic E-state index is 13.1. The molecular formula is C24H31N3O3. The van der Waals surface area contributed by atoms with E-state index < -0.39 is 0 Å². The van der Waals surface area contributed by atoms with Crippen molar-refractivity contribution in [2.75, 3.05) is 31.7 Å². The number of aromatic nitrogens is 1. The predicted octanol–water partition coefficient (Wildman–Crippen LogP) is 3.49. The van der Waals surface area contributed by atoms with E-state index in [1.54, 1.807) is 24.3 Å². The molecule has 30 heavy (non-hydrogen) atoms. The molecule has 0 bridgehead atoms. The third kappa shape index (κ3) is 5.45. The van der Waals surface area contributed by atoms with Crippen molar-refractivity contribution in [3.05, 3.63) is 58.9 Å². The molecule has 1 aliphatic heterocycles. The second-order valence-corrected chi connectivity index (χ2v) is 8.01. The van der Waals surface area contributed by atoms with Gasteiger partial charge in [0.15, 0.2) is 0 Å². The Bertz CT molecular complexity index is 878. The molecule has 2 heterocycles. The highest BCUT2D eigenvalue weighted by molar-refractivity contribution is 5.99. The van der Waals surface area contributed by atoms with E-state index in [4.69, 9.17) is 4.74 Å². The molecule has 160 valence electrons. The molecule has 1 aromatic heterocycles. The van der Waals surface area contributed by atoms with Crippen LogP contribution in [0.3, 0.4) is 0 Å². The van der Waals surface area contributed by atoms with Gasteiger partial charge in [-0.05, 0) is 42.4 Å². The Morgan fingerprint density at radius 1 is 1.23 bits per heavy atom. The summed E-state index contributed by atoms with van der Waals surface area (Å²) in [5, 5.41) is 2.88. The van der Waals surface area contributed by atoms with E-state index in [2.05, 4.69) is 36.3 Å². The number of benzene rings is 1. The average molecular weight is 410 g/mol. The van der Waals surface area contributed by atoms with Gasteiger partial charge in [0.25, 0.3) is 5.91 Å². The second-order valence-electron chi connectivity index (χ2n) is 8.01. The number of ether oxygens (including phenoxy) is 1. The van der Waals surface area contributed by atoms with Crippen molar-refractivity contribution in [2.24, 2.45) is 0 Å². The monoisotopic (exact) mass is 409 g/mol. The van der Waals surface area contributed by atoms with Crippen molar-refractivity contribution >= 4 is 17.5 Å². The fourth-order valence-electron chi connectivity index (χ4n) is 3.63. The molecule has 6 nitrogen and oxygen atoms in total. The minimum Gasteiger partial charge on any atom is -0.385 e. The number of fused-ring (bicyclic) bond motifs is 1. The number of nitrogens with one attached hydrogen (secondary N) is 1. The van der Waals surface area contributed by atoms with Crippen LogP contribution in [0.1, 0.15) is 59.8 Å². The zero-order valence-electron chi connectivity index (χ0n) is 18.1. The van der Waals surface area contributed by atoms with Gasteiger partial charge in [0.05, 0.1) is 23.4 Å². The number of rotatable bonds is 8. The molecule has 3 rings (SSSR count). The minimum absolute atomic E-state index is 0.0349. The maximum absolute atomic E-state index is 13.1. The van der Waals surface area contributed by atoms with Crippen molar-refractivity contribution < 1.29 is 14.3 Å². The molecule has 1 aliphatic rings. The van der Waals surface area contributed by atoms with Crippen LogP contribution in [-0.4, -0.2) is 43.6 Å². The van der Waals surface area contributed by atoms with Gasteiger partial charge >= 0.3 is 0 Å². The van der Waals surface area contributed by atoms with Crippen LogP contribution < -0.4 is 10.2 Å². The first-order chi connectivity index (χ1) is 14.5. The fraction of sp³-hybridized carbons (Fsp3) is 0.458. The van der Waals surface area contributed by atoms with E-state index in [0.717, 1.165) is 36.2 Å². The standard InChI is InChI=1S/C24H31N3O3/c1-17(2)19-9-7-18(8-10-19)14-23(28)27-12-4-6-21-22(27)15-20(16-26-21)24(29)25-11-5-13-30-3/h7-10,15-17H,4-6,11-14H2,1-3H3,(H,25,29). The van der Waals surface area contributed by atoms with Crippen LogP contribution >= 0.6 is 0 Å². The molecular weight excluding hydrogens is 378 g/mol. The SMILES string of the molecule is COCCCNC(=O)c1cnc2c(c1)N(C(=O)Cc1ccc(C(C)C)cc1)CCC2. The van der Waals surface area contributed by atoms with E-state index in [1.165, 1.54) is 5.56 Å². The van der Waals surface area contributed by atoms with Gasteiger partial charge in [0.2, 0.25) is 5.91 Å². The summed E-state index contributed by atoms with van der Waals surface area (Å²) in [6, 6.07) is 10.0. The topological polar surface area (TPSA) is 71.5 Å². The second kappa shape index (κ2) is 10.3. The number of pyridine rings is 1. The molecule has 2 amide bonds. The van der Waals surface area contributed by atoms with Crippen molar-refractivity contribution in [3.8, 4) is 0 Å². The van der Waals surface area contributed by atoms with Crippen molar-refractivity contribution in [1.29, 1.82) is 0 Å². The number of nitrogens with zero attached hydrogens (tertiary/aromatic N) is 2. The van der Waals surface area contributed by atoms with Gasteiger partial charge < -0.3 is 15.0 Å². The largest absolute Gasteiger partial charge is 0.385 e. The lowest BCUT2D eigenvalue weighted by Gasteiger charge is -2.29. The number of hydrogen-bond acceptors (Lipinski definition) is 4. The maximum Gasteiger partial charge on any atom is 0.252 e. The van der Waals surface area contributed by atoms with Crippen LogP contribution in [-0.2, 0) is 22.4 Å². The fourth-order valence-corrected chi connectivity index (χ4v) is 3.63. The number of aryl methyl sites for hydroxylation is 1. The number of methoxy groups -OCH3 is 1. The smallest absolute Gasteiger partial charge is 0.252 e. The lowest BCUT2D eigenvalue weighted by atomic mass is 10.00. The Balaban J connectivity index is 1.71. The molecule has 0 fully saturated rings. The average Bonchev–Trinajstić information content (AvgIpc) is 2.76. The molecule has 0 atom stereocenters. The molecule has 0 unspecified atom stereocenters. The summed E-state index contributed by atoms with van der Waals surface area (Å²) in [5.41, 5.74) is 4.37. The highest BCUT2D eigenvalue weighted by Gasteiger charge is 2.25. The Kier molecular flexibility index (Phi) is 7.57. The summed E-state index contributed by atoms with van der Waals surface area (Å²) in [7, 11) is 1.64. The van der Waals surface area contributed by atoms with Gasteiger partial charge in [-0.25, -0.2) is 0 Å². The van der Waals surface area contributed by atoms with Crippen LogP contribution in [0, 0.1) is 0 Å². The highest BCUT2D eigenvalue weighted by atomic mass is 16.5. The van der Waals surface area contributed by atoms with E-state index >= 15 is 0 Å². The molecule has 0 saturated carbocycles. The van der Waals surface area contributed by atoms with E-state index in [0.29, 0.717) is 37.6 Å². The van der Waals surface area contributed by atoms with Crippen LogP contribution in [0.25, 0.3) is 0 Å². The Hall–Kier alpha value is -2.73. The van der Waals surface area contributed by atoms with Crippen LogP contribution in [0.2, 0.25) is 0 Å². The minimum atomic E-state index is -0.177. The van der Waals surface area contributed by atoms with Crippen molar-refractivity contribution in [3.63, 3.8) is 0 Å². The number of carbonyl (C=O) groups excluding carboxylic acids is 2. The van der Waals surface area contributed by atoms with Crippen LogP contribution in [0.4, 0.5) is 5.69 Å². The Morgan fingerprint density at radius 3 is 2.70 bits per heavy atom. The molecule has 0 radical (unpaired) electrons. The summed E-state index contributed by atoms with van der Waals surface area (Å²) in [5.74, 6) is 0.324. The van der Waals surface area contributed by atoms with Gasteiger partial charge in [0.1, 0.15) is 0 Å². The van der Waals surface area contributed by atoms with Gasteiger partial charge in [-0.15, -0.1) is 0 Å². The van der Waals surface area contributed by atoms with Gasteiger partial charge in [-0.2, -0.15) is 0 Å². The molecule has 1 N–H and O–H groups in total. The van der Waals surface area contributed by atoms with E-state index in [-0.39, 0.29) is 11.8 Å². The first-order valence-corrected chi connectivity index (χ1v) is 10.6. The molecule has 0 spiro atoms. The quantitative estimate of drug-likeness (QED) is 0.678. The third-order valence-corrected chi connectivity index (χ3v) is 5.41. The summed E-state index contributed by atoms with van der Waals surface area (Å²) in [6.45, 7) is 6.10. The molecule has 0 saturated heterocycles. The van der Waals surface area contributed by atoms with Crippen molar-refractivity contribution in [1.82, 2.24) is 10.3 Å². The van der Waals surface area contributed by atoms with Gasteiger partial charge in [-0.1, -0.05) is 38.1 Å². The summed E-state index contributed by atoms with van der Waals surface area (Å²) >= 11 is 0. The van der Waals surface area contributed by atoms with Crippen LogP contribution in [0.15, 0.2) is 36.5 Å². The number of amides is 2. The summed E-state index contributed by atoms with van der Waals surface area (Å²) < 4.78 is 5.00. The molecule has 2 aromatic rings. The zero-order valence-corrected chi connectivity index (χ0v) is 18.1. The Labute approximate surface area is 178 Å². The van der Waals surface area contributed by atoms with E-state index in [9.17, 15) is 9.59 Å². The predicted molar refractivity (Wildman–Crippen MR) is 118 cm³/mol. The highest BCUT2D eigenvalue weighted by Crippen LogP contribution is 2.27. The van der Waals surface area contributed by atoms with Crippen LogP contribution in [0.5, 0.6) is 0 Å². The number of anilines is 1. The van der Waals surface area contributed by atoms with Gasteiger partial charge in [-0.3, -0.25) is 14.6 Å². The normalized spacial score (nSPS) is 13.3.